The Morgan fingerprint density at radius 2 is 1.71 bits per heavy atom. The summed E-state index contributed by atoms with van der Waals surface area (Å²) in [7, 11) is 0. The third-order valence-electron chi connectivity index (χ3n) is 8.04. The molecule has 38 heavy (non-hydrogen) atoms. The van der Waals surface area contributed by atoms with Crippen molar-refractivity contribution in [2.75, 3.05) is 5.32 Å². The predicted octanol–water partition coefficient (Wildman–Crippen LogP) is 0.817. The predicted molar refractivity (Wildman–Crippen MR) is 132 cm³/mol. The first-order chi connectivity index (χ1) is 17.9. The number of benzene rings is 2. The molecule has 0 spiro atoms. The van der Waals surface area contributed by atoms with Crippen molar-refractivity contribution < 1.29 is 39.0 Å². The van der Waals surface area contributed by atoms with E-state index in [0.717, 1.165) is 11.1 Å². The molecule has 0 saturated heterocycles. The lowest BCUT2D eigenvalue weighted by atomic mass is 9.54. The van der Waals surface area contributed by atoms with E-state index in [9.17, 15) is 39.0 Å². The molecular weight excluding hydrogens is 492 g/mol. The maximum absolute atomic E-state index is 13.6. The zero-order valence-electron chi connectivity index (χ0n) is 20.5. The fourth-order valence-electron chi connectivity index (χ4n) is 6.17. The SMILES string of the molecule is Cc1ccc(CC(=O)Nc2ccc(O)c3c2C[C@H]2C[C@H]4CC(=O)C(C(N)=O)C(=O)[C@@]4(O)C(=O)C2C3=O)cc1. The van der Waals surface area contributed by atoms with Gasteiger partial charge in [0.15, 0.2) is 34.7 Å². The Bertz CT molecular complexity index is 1430. The van der Waals surface area contributed by atoms with Gasteiger partial charge in [-0.1, -0.05) is 29.8 Å². The summed E-state index contributed by atoms with van der Waals surface area (Å²) < 4.78 is 0. The van der Waals surface area contributed by atoms with Crippen LogP contribution in [0.25, 0.3) is 0 Å². The van der Waals surface area contributed by atoms with Crippen molar-refractivity contribution in [2.45, 2.75) is 38.2 Å². The number of aliphatic hydroxyl groups is 1. The summed E-state index contributed by atoms with van der Waals surface area (Å²) in [5.74, 6) is -11.2. The number of aryl methyl sites for hydroxylation is 1. The number of primary amides is 1. The second-order valence-electron chi connectivity index (χ2n) is 10.4. The Morgan fingerprint density at radius 3 is 2.37 bits per heavy atom. The first-order valence-electron chi connectivity index (χ1n) is 12.3. The minimum atomic E-state index is -2.70. The molecule has 5 atom stereocenters. The van der Waals surface area contributed by atoms with Crippen LogP contribution in [-0.2, 0) is 36.8 Å². The highest BCUT2D eigenvalue weighted by molar-refractivity contribution is 6.31. The Hall–Kier alpha value is -4.18. The monoisotopic (exact) mass is 518 g/mol. The number of ketones is 4. The zero-order valence-corrected chi connectivity index (χ0v) is 20.5. The molecule has 0 heterocycles. The standard InChI is InChI=1S/C28H26N2O8/c1-12-2-4-13(5-3-12)8-20(33)30-17-6-7-18(31)22-16(17)10-14-9-15-11-19(32)23(27(29)37)26(36)28(15,38)25(35)21(14)24(22)34/h2-7,14-15,21,23,31,38H,8-11H2,1H3,(H2,29,37)(H,30,33)/t14-,15+,21?,23?,28+/m1/s1. The Labute approximate surface area is 217 Å². The Morgan fingerprint density at radius 1 is 1.03 bits per heavy atom. The molecule has 2 aromatic rings. The number of phenols is 1. The number of hydrogen-bond acceptors (Lipinski definition) is 8. The lowest BCUT2D eigenvalue weighted by Crippen LogP contribution is -2.68. The number of carbonyl (C=O) groups excluding carboxylic acids is 6. The Kier molecular flexibility index (Phi) is 6.02. The number of amides is 2. The lowest BCUT2D eigenvalue weighted by molar-refractivity contribution is -0.175. The molecular formula is C28H26N2O8. The van der Waals surface area contributed by atoms with E-state index in [0.29, 0.717) is 11.3 Å². The minimum absolute atomic E-state index is 0.0204. The lowest BCUT2D eigenvalue weighted by Gasteiger charge is -2.48. The highest BCUT2D eigenvalue weighted by atomic mass is 16.3. The van der Waals surface area contributed by atoms with Gasteiger partial charge in [0, 0.05) is 18.0 Å². The van der Waals surface area contributed by atoms with Gasteiger partial charge >= 0.3 is 0 Å². The molecule has 3 aliphatic carbocycles. The van der Waals surface area contributed by atoms with E-state index in [1.165, 1.54) is 12.1 Å². The molecule has 5 N–H and O–H groups in total. The summed E-state index contributed by atoms with van der Waals surface area (Å²) >= 11 is 0. The van der Waals surface area contributed by atoms with Crippen molar-refractivity contribution in [1.29, 1.82) is 0 Å². The van der Waals surface area contributed by atoms with Crippen LogP contribution in [0.4, 0.5) is 5.69 Å². The molecule has 0 radical (unpaired) electrons. The van der Waals surface area contributed by atoms with Gasteiger partial charge in [0.2, 0.25) is 11.8 Å². The van der Waals surface area contributed by atoms with Crippen LogP contribution in [0.5, 0.6) is 5.75 Å². The van der Waals surface area contributed by atoms with Crippen LogP contribution in [0.3, 0.4) is 0 Å². The van der Waals surface area contributed by atoms with Gasteiger partial charge in [-0.3, -0.25) is 28.8 Å². The van der Waals surface area contributed by atoms with E-state index in [1.54, 1.807) is 0 Å². The third-order valence-corrected chi connectivity index (χ3v) is 8.04. The van der Waals surface area contributed by atoms with E-state index in [1.807, 2.05) is 31.2 Å². The average Bonchev–Trinajstić information content (AvgIpc) is 2.84. The molecule has 10 nitrogen and oxygen atoms in total. The number of nitrogens with one attached hydrogen (secondary N) is 1. The molecule has 5 rings (SSSR count). The van der Waals surface area contributed by atoms with E-state index >= 15 is 0 Å². The summed E-state index contributed by atoms with van der Waals surface area (Å²) in [5, 5.41) is 24.6. The van der Waals surface area contributed by atoms with Crippen LogP contribution in [-0.4, -0.2) is 50.8 Å². The molecule has 0 bridgehead atoms. The van der Waals surface area contributed by atoms with Crippen LogP contribution in [0.2, 0.25) is 0 Å². The molecule has 2 fully saturated rings. The molecule has 3 aliphatic rings. The average molecular weight is 519 g/mol. The highest BCUT2D eigenvalue weighted by Gasteiger charge is 2.66. The van der Waals surface area contributed by atoms with Crippen molar-refractivity contribution in [3.8, 4) is 5.75 Å². The largest absolute Gasteiger partial charge is 0.507 e. The number of Topliss-reactive ketones (excluding diaryl/α,β-unsaturated/α-hetero) is 4. The Balaban J connectivity index is 1.47. The fraction of sp³-hybridized carbons (Fsp3) is 0.357. The molecule has 196 valence electrons. The van der Waals surface area contributed by atoms with Crippen LogP contribution >= 0.6 is 0 Å². The van der Waals surface area contributed by atoms with Gasteiger partial charge in [-0.15, -0.1) is 0 Å². The maximum Gasteiger partial charge on any atom is 0.235 e. The summed E-state index contributed by atoms with van der Waals surface area (Å²) in [5.41, 5.74) is 4.81. The molecule has 2 unspecified atom stereocenters. The molecule has 2 amide bonds. The number of rotatable bonds is 4. The van der Waals surface area contributed by atoms with Gasteiger partial charge in [-0.05, 0) is 48.9 Å². The third kappa shape index (κ3) is 3.83. The minimum Gasteiger partial charge on any atom is -0.507 e. The molecule has 2 aromatic carbocycles. The van der Waals surface area contributed by atoms with Crippen LogP contribution in [0.1, 0.15) is 39.9 Å². The van der Waals surface area contributed by atoms with Crippen molar-refractivity contribution in [3.63, 3.8) is 0 Å². The topological polar surface area (TPSA) is 181 Å². The molecule has 10 heteroatoms. The van der Waals surface area contributed by atoms with Gasteiger partial charge in [0.1, 0.15) is 5.75 Å². The number of nitrogens with two attached hydrogens (primary N) is 1. The van der Waals surface area contributed by atoms with Gasteiger partial charge in [-0.2, -0.15) is 0 Å². The van der Waals surface area contributed by atoms with Gasteiger partial charge < -0.3 is 21.3 Å². The van der Waals surface area contributed by atoms with E-state index < -0.39 is 70.5 Å². The number of fused-ring (bicyclic) bond motifs is 3. The number of anilines is 1. The smallest absolute Gasteiger partial charge is 0.235 e. The second kappa shape index (κ2) is 8.98. The zero-order chi connectivity index (χ0) is 27.5. The number of carbonyl (C=O) groups is 6. The number of hydrogen-bond donors (Lipinski definition) is 4. The van der Waals surface area contributed by atoms with E-state index in [-0.39, 0.29) is 30.7 Å². The van der Waals surface area contributed by atoms with Gasteiger partial charge in [0.25, 0.3) is 0 Å². The van der Waals surface area contributed by atoms with Gasteiger partial charge in [0.05, 0.1) is 17.9 Å². The summed E-state index contributed by atoms with van der Waals surface area (Å²) in [6.07, 6.45) is -0.269. The first kappa shape index (κ1) is 25.5. The summed E-state index contributed by atoms with van der Waals surface area (Å²) in [6, 6.07) is 10.1. The first-order valence-corrected chi connectivity index (χ1v) is 12.3. The molecule has 2 saturated carbocycles. The van der Waals surface area contributed by atoms with Crippen molar-refractivity contribution >= 4 is 40.6 Å². The van der Waals surface area contributed by atoms with Gasteiger partial charge in [-0.25, -0.2) is 0 Å². The van der Waals surface area contributed by atoms with Crippen molar-refractivity contribution in [2.24, 2.45) is 29.4 Å². The number of aromatic hydroxyl groups is 1. The highest BCUT2D eigenvalue weighted by Crippen LogP contribution is 2.50. The number of phenolic OH excluding ortho intramolecular Hbond substituents is 1. The maximum atomic E-state index is 13.6. The summed E-state index contributed by atoms with van der Waals surface area (Å²) in [6.45, 7) is 1.93. The van der Waals surface area contributed by atoms with Crippen LogP contribution in [0, 0.1) is 30.6 Å². The molecule has 0 aromatic heterocycles. The van der Waals surface area contributed by atoms with E-state index in [4.69, 9.17) is 5.73 Å². The van der Waals surface area contributed by atoms with Crippen molar-refractivity contribution in [1.82, 2.24) is 0 Å². The normalized spacial score (nSPS) is 28.3. The quantitative estimate of drug-likeness (QED) is 0.339. The summed E-state index contributed by atoms with van der Waals surface area (Å²) in [4.78, 5) is 77.1. The second-order valence-corrected chi connectivity index (χ2v) is 10.4. The van der Waals surface area contributed by atoms with Crippen molar-refractivity contribution in [3.05, 3.63) is 58.7 Å². The van der Waals surface area contributed by atoms with E-state index in [2.05, 4.69) is 5.32 Å². The van der Waals surface area contributed by atoms with Crippen LogP contribution in [0.15, 0.2) is 36.4 Å². The van der Waals surface area contributed by atoms with Crippen LogP contribution < -0.4 is 11.1 Å². The molecule has 0 aliphatic heterocycles. The fourth-order valence-corrected chi connectivity index (χ4v) is 6.17.